The van der Waals surface area contributed by atoms with Gasteiger partial charge in [0.2, 0.25) is 0 Å². The van der Waals surface area contributed by atoms with Gasteiger partial charge in [-0.25, -0.2) is 0 Å². The molecule has 0 atom stereocenters. The van der Waals surface area contributed by atoms with Crippen LogP contribution in [0.4, 0.5) is 0 Å². The van der Waals surface area contributed by atoms with Gasteiger partial charge in [-0.3, -0.25) is 0 Å². The fraction of sp³-hybridized carbons (Fsp3) is 0.571. The van der Waals surface area contributed by atoms with Crippen LogP contribution in [0.25, 0.3) is 0 Å². The maximum atomic E-state index is 6.23. The molecule has 1 aliphatic heterocycles. The number of likely N-dealkylation sites (tertiary alicyclic amines) is 1. The van der Waals surface area contributed by atoms with Crippen LogP contribution in [0.2, 0.25) is 0 Å². The van der Waals surface area contributed by atoms with Crippen LogP contribution in [0, 0.1) is 19.3 Å². The molecular formula is C28H42NOY+. The summed E-state index contributed by atoms with van der Waals surface area (Å²) < 4.78 is 7.50. The minimum absolute atomic E-state index is 0. The molecule has 1 aliphatic rings. The number of ether oxygens (including phenoxy) is 1. The number of hydrogen-bond donors (Lipinski definition) is 0. The van der Waals surface area contributed by atoms with Crippen molar-refractivity contribution in [3.8, 4) is 5.75 Å². The standard InChI is InChI=1S/C28H42NO.Y/c1-24-13-12-14-25(2)27(24)30-22-18-28(3,4)17-21-29(19-10-5-6-11-20-29)23-26-15-8-7-9-16-26;/h7-9,12-16H,5-6,10-11,17-23H2,1-4H3;/q+1;. The molecule has 1 heterocycles. The van der Waals surface area contributed by atoms with E-state index in [1.165, 1.54) is 79.5 Å². The van der Waals surface area contributed by atoms with Crippen LogP contribution in [0.1, 0.15) is 69.1 Å². The van der Waals surface area contributed by atoms with Crippen LogP contribution in [0.3, 0.4) is 0 Å². The summed E-state index contributed by atoms with van der Waals surface area (Å²) in [5.41, 5.74) is 4.27. The van der Waals surface area contributed by atoms with Crippen LogP contribution in [-0.4, -0.2) is 30.7 Å². The summed E-state index contributed by atoms with van der Waals surface area (Å²) in [6.07, 6.45) is 7.93. The molecule has 1 saturated heterocycles. The summed E-state index contributed by atoms with van der Waals surface area (Å²) in [5, 5.41) is 0. The Bertz CT molecular complexity index is 759. The van der Waals surface area contributed by atoms with E-state index in [1.807, 2.05) is 0 Å². The fourth-order valence-corrected chi connectivity index (χ4v) is 4.91. The van der Waals surface area contributed by atoms with Crippen LogP contribution in [0.5, 0.6) is 5.75 Å². The summed E-state index contributed by atoms with van der Waals surface area (Å²) >= 11 is 0. The Labute approximate surface area is 216 Å². The molecule has 3 heteroatoms. The Balaban J connectivity index is 0.00000341. The molecule has 0 saturated carbocycles. The zero-order valence-electron chi connectivity index (χ0n) is 20.3. The monoisotopic (exact) mass is 497 g/mol. The molecule has 2 aromatic rings. The zero-order chi connectivity index (χ0) is 21.5. The van der Waals surface area contributed by atoms with Crippen molar-refractivity contribution >= 4 is 0 Å². The van der Waals surface area contributed by atoms with Gasteiger partial charge in [0.05, 0.1) is 26.2 Å². The van der Waals surface area contributed by atoms with Crippen LogP contribution in [-0.2, 0) is 39.3 Å². The first-order valence-electron chi connectivity index (χ1n) is 12.0. The summed E-state index contributed by atoms with van der Waals surface area (Å²) in [5.74, 6) is 1.08. The second-order valence-corrected chi connectivity index (χ2v) is 10.3. The molecule has 167 valence electrons. The topological polar surface area (TPSA) is 9.23 Å². The molecule has 1 radical (unpaired) electrons. The predicted octanol–water partition coefficient (Wildman–Crippen LogP) is 7.08. The van der Waals surface area contributed by atoms with Gasteiger partial charge < -0.3 is 9.22 Å². The molecule has 0 aliphatic carbocycles. The van der Waals surface area contributed by atoms with E-state index >= 15 is 0 Å². The third-order valence-electron chi connectivity index (χ3n) is 7.07. The molecule has 2 nitrogen and oxygen atoms in total. The average Bonchev–Trinajstić information content (AvgIpc) is 2.96. The van der Waals surface area contributed by atoms with Gasteiger partial charge in [-0.1, -0.05) is 62.4 Å². The quantitative estimate of drug-likeness (QED) is 0.337. The van der Waals surface area contributed by atoms with Gasteiger partial charge in [0.1, 0.15) is 12.3 Å². The van der Waals surface area contributed by atoms with Crippen molar-refractivity contribution in [1.29, 1.82) is 0 Å². The first kappa shape index (κ1) is 26.6. The number of rotatable bonds is 9. The van der Waals surface area contributed by atoms with E-state index in [0.717, 1.165) is 18.8 Å². The van der Waals surface area contributed by atoms with E-state index in [1.54, 1.807) is 0 Å². The first-order chi connectivity index (χ1) is 14.4. The Morgan fingerprint density at radius 3 is 2.03 bits per heavy atom. The molecule has 0 amide bonds. The third kappa shape index (κ3) is 8.30. The van der Waals surface area contributed by atoms with E-state index in [4.69, 9.17) is 4.74 Å². The van der Waals surface area contributed by atoms with Crippen LogP contribution >= 0.6 is 0 Å². The van der Waals surface area contributed by atoms with Crippen molar-refractivity contribution in [3.63, 3.8) is 0 Å². The minimum Gasteiger partial charge on any atom is -0.493 e. The molecule has 1 fully saturated rings. The average molecular weight is 498 g/mol. The Morgan fingerprint density at radius 1 is 0.806 bits per heavy atom. The Kier molecular flexibility index (Phi) is 10.7. The van der Waals surface area contributed by atoms with E-state index in [0.29, 0.717) is 5.41 Å². The van der Waals surface area contributed by atoms with Gasteiger partial charge in [0.25, 0.3) is 0 Å². The summed E-state index contributed by atoms with van der Waals surface area (Å²) in [6, 6.07) is 17.5. The normalized spacial score (nSPS) is 16.3. The maximum absolute atomic E-state index is 6.23. The minimum atomic E-state index is 0. The molecule has 2 aromatic carbocycles. The fourth-order valence-electron chi connectivity index (χ4n) is 4.91. The van der Waals surface area contributed by atoms with E-state index in [2.05, 4.69) is 76.2 Å². The van der Waals surface area contributed by atoms with Gasteiger partial charge >= 0.3 is 0 Å². The molecular weight excluding hydrogens is 455 g/mol. The molecule has 0 spiro atoms. The zero-order valence-corrected chi connectivity index (χ0v) is 23.2. The number of benzene rings is 2. The van der Waals surface area contributed by atoms with Gasteiger partial charge in [-0.2, -0.15) is 0 Å². The van der Waals surface area contributed by atoms with E-state index < -0.39 is 0 Å². The Hall–Kier alpha value is -0.696. The first-order valence-corrected chi connectivity index (χ1v) is 12.0. The van der Waals surface area contributed by atoms with Crippen molar-refractivity contribution in [1.82, 2.24) is 0 Å². The van der Waals surface area contributed by atoms with Crippen molar-refractivity contribution in [2.45, 2.75) is 72.8 Å². The largest absolute Gasteiger partial charge is 0.493 e. The molecule has 31 heavy (non-hydrogen) atoms. The second kappa shape index (κ2) is 12.5. The number of quaternary nitrogens is 1. The molecule has 3 rings (SSSR count). The summed E-state index contributed by atoms with van der Waals surface area (Å²) in [7, 11) is 0. The number of para-hydroxylation sites is 1. The smallest absolute Gasteiger partial charge is 0.125 e. The van der Waals surface area contributed by atoms with E-state index in [-0.39, 0.29) is 32.7 Å². The predicted molar refractivity (Wildman–Crippen MR) is 128 cm³/mol. The van der Waals surface area contributed by atoms with Crippen molar-refractivity contribution in [2.24, 2.45) is 5.41 Å². The van der Waals surface area contributed by atoms with Crippen LogP contribution < -0.4 is 4.74 Å². The number of nitrogens with zero attached hydrogens (tertiary/aromatic N) is 1. The third-order valence-corrected chi connectivity index (χ3v) is 7.07. The van der Waals surface area contributed by atoms with Crippen molar-refractivity contribution in [3.05, 3.63) is 65.2 Å². The van der Waals surface area contributed by atoms with Gasteiger partial charge in [0, 0.05) is 44.7 Å². The number of aryl methyl sites for hydroxylation is 2. The van der Waals surface area contributed by atoms with Gasteiger partial charge in [-0.15, -0.1) is 0 Å². The Morgan fingerprint density at radius 2 is 1.42 bits per heavy atom. The summed E-state index contributed by atoms with van der Waals surface area (Å²) in [6.45, 7) is 15.1. The van der Waals surface area contributed by atoms with Gasteiger partial charge in [-0.05, 0) is 62.5 Å². The van der Waals surface area contributed by atoms with Crippen molar-refractivity contribution in [2.75, 3.05) is 26.2 Å². The molecule has 0 N–H and O–H groups in total. The van der Waals surface area contributed by atoms with Gasteiger partial charge in [0.15, 0.2) is 0 Å². The number of hydrogen-bond acceptors (Lipinski definition) is 1. The van der Waals surface area contributed by atoms with Crippen molar-refractivity contribution < 1.29 is 41.9 Å². The molecule has 0 aromatic heterocycles. The SMILES string of the molecule is Cc1cccc(C)c1OCCC(C)(C)CC[N+]1(Cc2ccccc2)CCCCCC1.[Y]. The van der Waals surface area contributed by atoms with Crippen LogP contribution in [0.15, 0.2) is 48.5 Å². The second-order valence-electron chi connectivity index (χ2n) is 10.3. The molecule has 0 unspecified atom stereocenters. The summed E-state index contributed by atoms with van der Waals surface area (Å²) in [4.78, 5) is 0. The maximum Gasteiger partial charge on any atom is 0.125 e. The molecule has 0 bridgehead atoms. The van der Waals surface area contributed by atoms with E-state index in [9.17, 15) is 0 Å².